The second-order valence-corrected chi connectivity index (χ2v) is 4.33. The van der Waals surface area contributed by atoms with Crippen LogP contribution >= 0.6 is 0 Å². The van der Waals surface area contributed by atoms with Gasteiger partial charge in [0.15, 0.2) is 11.5 Å². The lowest BCUT2D eigenvalue weighted by atomic mass is 10.2. The van der Waals surface area contributed by atoms with Crippen molar-refractivity contribution in [2.24, 2.45) is 5.10 Å². The zero-order valence-corrected chi connectivity index (χ0v) is 12.4. The molecule has 0 atom stereocenters. The highest BCUT2D eigenvalue weighted by atomic mass is 19.4. The van der Waals surface area contributed by atoms with Crippen molar-refractivity contribution in [2.75, 3.05) is 13.7 Å². The number of benzene rings is 1. The minimum Gasteiger partial charge on any atom is -0.493 e. The number of methoxy groups -OCH3 is 1. The van der Waals surface area contributed by atoms with Crippen molar-refractivity contribution >= 4 is 6.21 Å². The number of nitrogens with zero attached hydrogens (tertiary/aromatic N) is 1. The van der Waals surface area contributed by atoms with E-state index in [2.05, 4.69) is 5.10 Å². The molecule has 0 radical (unpaired) electrons. The monoisotopic (exact) mass is 362 g/mol. The zero-order chi connectivity index (χ0) is 18.6. The maximum atomic E-state index is 13.0. The second kappa shape index (κ2) is 7.14. The smallest absolute Gasteiger partial charge is 0.462 e. The molecule has 0 amide bonds. The number of hydrogen-bond donors (Lipinski definition) is 1. The molecule has 0 aliphatic carbocycles. The molecule has 1 aromatic carbocycles. The fourth-order valence-corrected chi connectivity index (χ4v) is 1.53. The number of nitrogens with one attached hydrogen (secondary N) is 1. The van der Waals surface area contributed by atoms with Crippen LogP contribution in [0.3, 0.4) is 0 Å². The van der Waals surface area contributed by atoms with Crippen molar-refractivity contribution in [1.82, 2.24) is 5.43 Å². The summed E-state index contributed by atoms with van der Waals surface area (Å²) in [6.07, 6.45) is -5.82. The van der Waals surface area contributed by atoms with E-state index in [-0.39, 0.29) is 23.7 Å². The van der Waals surface area contributed by atoms with Crippen molar-refractivity contribution in [2.45, 2.75) is 25.1 Å². The Hall–Kier alpha value is -2.20. The Morgan fingerprint density at radius 2 is 1.75 bits per heavy atom. The summed E-state index contributed by atoms with van der Waals surface area (Å²) in [6.45, 7) is 1.78. The van der Waals surface area contributed by atoms with Crippen LogP contribution in [0, 0.1) is 0 Å². The van der Waals surface area contributed by atoms with Gasteiger partial charge in [0.25, 0.3) is 0 Å². The van der Waals surface area contributed by atoms with E-state index in [1.807, 2.05) is 0 Å². The average Bonchev–Trinajstić information content (AvgIpc) is 2.47. The predicted molar refractivity (Wildman–Crippen MR) is 70.8 cm³/mol. The number of para-hydroxylation sites is 1. The number of alkyl halides is 7. The van der Waals surface area contributed by atoms with Gasteiger partial charge in [-0.3, -0.25) is 0 Å². The number of rotatable bonds is 7. The number of halogens is 7. The van der Waals surface area contributed by atoms with Gasteiger partial charge in [0.1, 0.15) is 0 Å². The minimum absolute atomic E-state index is 0.0369. The lowest BCUT2D eigenvalue weighted by Gasteiger charge is -2.27. The number of hydrogen-bond acceptors (Lipinski definition) is 4. The number of ether oxygens (including phenoxy) is 2. The van der Waals surface area contributed by atoms with Crippen LogP contribution in [0.1, 0.15) is 12.5 Å². The molecule has 1 aromatic rings. The van der Waals surface area contributed by atoms with E-state index in [1.165, 1.54) is 25.3 Å². The van der Waals surface area contributed by atoms with E-state index in [1.54, 1.807) is 6.92 Å². The Balaban J connectivity index is 3.03. The highest BCUT2D eigenvalue weighted by Gasteiger charge is 2.73. The van der Waals surface area contributed by atoms with E-state index in [0.29, 0.717) is 11.6 Å². The fraction of sp³-hybridized carbons (Fsp3) is 0.462. The summed E-state index contributed by atoms with van der Waals surface area (Å²) in [7, 11) is 1.30. The van der Waals surface area contributed by atoms with Crippen molar-refractivity contribution in [3.63, 3.8) is 0 Å². The van der Waals surface area contributed by atoms with Gasteiger partial charge in [0, 0.05) is 5.56 Å². The van der Waals surface area contributed by atoms with Gasteiger partial charge in [0.05, 0.1) is 19.9 Å². The van der Waals surface area contributed by atoms with Crippen molar-refractivity contribution in [3.8, 4) is 11.5 Å². The molecule has 1 N–H and O–H groups in total. The highest BCUT2D eigenvalue weighted by molar-refractivity contribution is 5.84. The Morgan fingerprint density at radius 3 is 2.25 bits per heavy atom. The molecule has 0 saturated carbocycles. The Morgan fingerprint density at radius 1 is 1.12 bits per heavy atom. The zero-order valence-electron chi connectivity index (χ0n) is 12.4. The summed E-state index contributed by atoms with van der Waals surface area (Å²) in [5, 5.41) is 2.77. The largest absolute Gasteiger partial charge is 0.493 e. The topological polar surface area (TPSA) is 42.8 Å². The van der Waals surface area contributed by atoms with Gasteiger partial charge in [0.2, 0.25) is 0 Å². The van der Waals surface area contributed by atoms with E-state index >= 15 is 0 Å². The summed E-state index contributed by atoms with van der Waals surface area (Å²) in [4.78, 5) is 0. The summed E-state index contributed by atoms with van der Waals surface area (Å²) < 4.78 is 97.6. The Bertz CT molecular complexity index is 588. The first-order valence-corrected chi connectivity index (χ1v) is 6.40. The van der Waals surface area contributed by atoms with Crippen LogP contribution in [-0.4, -0.2) is 38.1 Å². The maximum absolute atomic E-state index is 13.0. The van der Waals surface area contributed by atoms with Crippen molar-refractivity contribution < 1.29 is 40.2 Å². The predicted octanol–water partition coefficient (Wildman–Crippen LogP) is 3.81. The van der Waals surface area contributed by atoms with Crippen LogP contribution in [-0.2, 0) is 0 Å². The summed E-state index contributed by atoms with van der Waals surface area (Å²) in [5.74, 6) is -6.03. The lowest BCUT2D eigenvalue weighted by Crippen LogP contribution is -2.58. The molecule has 0 aliphatic heterocycles. The van der Waals surface area contributed by atoms with Crippen molar-refractivity contribution in [1.29, 1.82) is 0 Å². The Labute approximate surface area is 132 Å². The van der Waals surface area contributed by atoms with Gasteiger partial charge in [-0.15, -0.1) is 0 Å². The molecule has 11 heteroatoms. The molecule has 0 bridgehead atoms. The van der Waals surface area contributed by atoms with E-state index in [4.69, 9.17) is 9.47 Å². The third-order valence-electron chi connectivity index (χ3n) is 2.68. The summed E-state index contributed by atoms with van der Waals surface area (Å²) in [5.41, 5.74) is 0.568. The van der Waals surface area contributed by atoms with E-state index in [9.17, 15) is 30.7 Å². The molecule has 0 unspecified atom stereocenters. The SMILES string of the molecule is CCOc1c(/C=N\NC(F)(F)C(F)(F)C(F)(F)F)cccc1OC. The number of hydrazone groups is 1. The quantitative estimate of drug-likeness (QED) is 0.347. The Kier molecular flexibility index (Phi) is 5.90. The molecule has 0 fully saturated rings. The van der Waals surface area contributed by atoms with Crippen LogP contribution in [0.15, 0.2) is 23.3 Å². The molecule has 0 aromatic heterocycles. The lowest BCUT2D eigenvalue weighted by molar-refractivity contribution is -0.361. The first-order chi connectivity index (χ1) is 11.0. The molecular formula is C13H13F7N2O2. The van der Waals surface area contributed by atoms with Gasteiger partial charge in [-0.1, -0.05) is 6.07 Å². The normalized spacial score (nSPS) is 13.2. The molecule has 0 saturated heterocycles. The molecule has 24 heavy (non-hydrogen) atoms. The van der Waals surface area contributed by atoms with Crippen LogP contribution in [0.25, 0.3) is 0 Å². The van der Waals surface area contributed by atoms with Crippen LogP contribution in [0.5, 0.6) is 11.5 Å². The van der Waals surface area contributed by atoms with Crippen LogP contribution in [0.2, 0.25) is 0 Å². The molecule has 0 heterocycles. The molecular weight excluding hydrogens is 349 g/mol. The van der Waals surface area contributed by atoms with Gasteiger partial charge < -0.3 is 9.47 Å². The van der Waals surface area contributed by atoms with Crippen LogP contribution in [0.4, 0.5) is 30.7 Å². The van der Waals surface area contributed by atoms with E-state index < -0.39 is 18.1 Å². The van der Waals surface area contributed by atoms with Gasteiger partial charge in [-0.05, 0) is 19.1 Å². The third kappa shape index (κ3) is 4.01. The summed E-state index contributed by atoms with van der Waals surface area (Å²) >= 11 is 0. The molecule has 1 rings (SSSR count). The maximum Gasteiger partial charge on any atom is 0.462 e. The molecule has 0 spiro atoms. The minimum atomic E-state index is -6.44. The summed E-state index contributed by atoms with van der Waals surface area (Å²) in [6, 6.07) is -1.42. The average molecular weight is 362 g/mol. The highest BCUT2D eigenvalue weighted by Crippen LogP contribution is 2.45. The second-order valence-electron chi connectivity index (χ2n) is 4.33. The molecule has 0 aliphatic rings. The molecule has 4 nitrogen and oxygen atoms in total. The van der Waals surface area contributed by atoms with Gasteiger partial charge in [-0.2, -0.15) is 35.8 Å². The molecule has 136 valence electrons. The standard InChI is InChI=1S/C13H13F7N2O2/c1-3-24-10-8(5-4-6-9(10)23-2)7-21-22-13(19,20)11(14,15)12(16,17)18/h4-7,22H,3H2,1-2H3/b21-7-. The van der Waals surface area contributed by atoms with Gasteiger partial charge >= 0.3 is 18.1 Å². The van der Waals surface area contributed by atoms with E-state index in [0.717, 1.165) is 0 Å². The first kappa shape index (κ1) is 19.8. The first-order valence-electron chi connectivity index (χ1n) is 6.40. The van der Waals surface area contributed by atoms with Crippen molar-refractivity contribution in [3.05, 3.63) is 23.8 Å². The van der Waals surface area contributed by atoms with Gasteiger partial charge in [-0.25, -0.2) is 5.43 Å². The third-order valence-corrected chi connectivity index (χ3v) is 2.68. The van der Waals surface area contributed by atoms with Crippen LogP contribution < -0.4 is 14.9 Å². The fourth-order valence-electron chi connectivity index (χ4n) is 1.53.